The zero-order valence-electron chi connectivity index (χ0n) is 10.4. The Bertz CT molecular complexity index is 367. The standard InChI is InChI=1S/C14H20BrNO2/c15-13-3-1-2-12(8-13)14(17)10-16-9-11-4-6-18-7-5-11/h1-3,8,11,14,16-17H,4-7,9-10H2. The van der Waals surface area contributed by atoms with Crippen molar-refractivity contribution < 1.29 is 9.84 Å². The van der Waals surface area contributed by atoms with Gasteiger partial charge in [0.2, 0.25) is 0 Å². The summed E-state index contributed by atoms with van der Waals surface area (Å²) in [5, 5.41) is 13.4. The molecule has 3 nitrogen and oxygen atoms in total. The molecule has 1 unspecified atom stereocenters. The van der Waals surface area contributed by atoms with E-state index in [4.69, 9.17) is 4.74 Å². The maximum Gasteiger partial charge on any atom is 0.0914 e. The van der Waals surface area contributed by atoms with Gasteiger partial charge in [-0.25, -0.2) is 0 Å². The summed E-state index contributed by atoms with van der Waals surface area (Å²) in [5.74, 6) is 0.688. The molecule has 1 fully saturated rings. The molecule has 1 heterocycles. The Balaban J connectivity index is 1.72. The van der Waals surface area contributed by atoms with E-state index in [2.05, 4.69) is 21.2 Å². The molecule has 1 aliphatic heterocycles. The molecule has 1 saturated heterocycles. The summed E-state index contributed by atoms with van der Waals surface area (Å²) >= 11 is 3.42. The van der Waals surface area contributed by atoms with Crippen molar-refractivity contribution in [2.24, 2.45) is 5.92 Å². The van der Waals surface area contributed by atoms with Crippen molar-refractivity contribution in [1.82, 2.24) is 5.32 Å². The third kappa shape index (κ3) is 4.35. The Morgan fingerprint density at radius 3 is 2.89 bits per heavy atom. The molecule has 0 bridgehead atoms. The second-order valence-corrected chi connectivity index (χ2v) is 5.70. The first-order chi connectivity index (χ1) is 8.75. The van der Waals surface area contributed by atoms with E-state index >= 15 is 0 Å². The first-order valence-corrected chi connectivity index (χ1v) is 7.27. The highest BCUT2D eigenvalue weighted by Gasteiger charge is 2.14. The minimum atomic E-state index is -0.442. The van der Waals surface area contributed by atoms with E-state index in [1.54, 1.807) is 0 Å². The van der Waals surface area contributed by atoms with Gasteiger partial charge in [0.15, 0.2) is 0 Å². The summed E-state index contributed by atoms with van der Waals surface area (Å²) < 4.78 is 6.33. The largest absolute Gasteiger partial charge is 0.387 e. The van der Waals surface area contributed by atoms with Crippen molar-refractivity contribution in [2.45, 2.75) is 18.9 Å². The molecule has 100 valence electrons. The molecule has 1 aromatic carbocycles. The van der Waals surface area contributed by atoms with Crippen molar-refractivity contribution in [2.75, 3.05) is 26.3 Å². The second kappa shape index (κ2) is 7.24. The van der Waals surface area contributed by atoms with Crippen LogP contribution in [-0.4, -0.2) is 31.4 Å². The molecule has 0 spiro atoms. The number of halogens is 1. The maximum atomic E-state index is 10.1. The molecule has 1 aromatic rings. The summed E-state index contributed by atoms with van der Waals surface area (Å²) in [7, 11) is 0. The first-order valence-electron chi connectivity index (χ1n) is 6.47. The Kier molecular flexibility index (Phi) is 5.63. The van der Waals surface area contributed by atoms with Crippen LogP contribution in [0.25, 0.3) is 0 Å². The fourth-order valence-corrected chi connectivity index (χ4v) is 2.62. The fourth-order valence-electron chi connectivity index (χ4n) is 2.21. The molecule has 0 aliphatic carbocycles. The van der Waals surface area contributed by atoms with E-state index in [0.717, 1.165) is 42.6 Å². The normalized spacial score (nSPS) is 18.8. The van der Waals surface area contributed by atoms with Gasteiger partial charge >= 0.3 is 0 Å². The van der Waals surface area contributed by atoms with Crippen LogP contribution in [-0.2, 0) is 4.74 Å². The van der Waals surface area contributed by atoms with E-state index in [1.165, 1.54) is 0 Å². The minimum Gasteiger partial charge on any atom is -0.387 e. The number of ether oxygens (including phenoxy) is 1. The molecule has 2 N–H and O–H groups in total. The lowest BCUT2D eigenvalue weighted by molar-refractivity contribution is 0.0649. The molecule has 2 rings (SSSR count). The molecule has 0 saturated carbocycles. The molecule has 1 aliphatic rings. The Morgan fingerprint density at radius 2 is 2.17 bits per heavy atom. The number of aliphatic hydroxyl groups is 1. The van der Waals surface area contributed by atoms with Gasteiger partial charge in [-0.05, 0) is 43.0 Å². The van der Waals surface area contributed by atoms with Crippen LogP contribution in [0.1, 0.15) is 24.5 Å². The molecule has 0 radical (unpaired) electrons. The number of hydrogen-bond donors (Lipinski definition) is 2. The van der Waals surface area contributed by atoms with E-state index in [9.17, 15) is 5.11 Å². The monoisotopic (exact) mass is 313 g/mol. The van der Waals surface area contributed by atoms with Crippen molar-refractivity contribution in [1.29, 1.82) is 0 Å². The van der Waals surface area contributed by atoms with Gasteiger partial charge in [0, 0.05) is 24.2 Å². The average Bonchev–Trinajstić information content (AvgIpc) is 2.40. The average molecular weight is 314 g/mol. The third-order valence-electron chi connectivity index (χ3n) is 3.35. The predicted octanol–water partition coefficient (Wildman–Crippen LogP) is 2.50. The lowest BCUT2D eigenvalue weighted by Crippen LogP contribution is -2.30. The van der Waals surface area contributed by atoms with Crippen molar-refractivity contribution in [3.8, 4) is 0 Å². The van der Waals surface area contributed by atoms with Gasteiger partial charge in [0.1, 0.15) is 0 Å². The van der Waals surface area contributed by atoms with E-state index in [-0.39, 0.29) is 0 Å². The molecule has 0 aromatic heterocycles. The summed E-state index contributed by atoms with van der Waals surface area (Å²) in [5.41, 5.74) is 0.948. The molecule has 4 heteroatoms. The van der Waals surface area contributed by atoms with Crippen LogP contribution in [0.15, 0.2) is 28.7 Å². The number of hydrogen-bond acceptors (Lipinski definition) is 3. The minimum absolute atomic E-state index is 0.442. The quantitative estimate of drug-likeness (QED) is 0.877. The highest BCUT2D eigenvalue weighted by atomic mass is 79.9. The van der Waals surface area contributed by atoms with Crippen molar-refractivity contribution in [3.63, 3.8) is 0 Å². The molecular weight excluding hydrogens is 294 g/mol. The molecular formula is C14H20BrNO2. The van der Waals surface area contributed by atoms with Crippen molar-refractivity contribution >= 4 is 15.9 Å². The Labute approximate surface area is 117 Å². The van der Waals surface area contributed by atoms with E-state index in [1.807, 2.05) is 24.3 Å². The smallest absolute Gasteiger partial charge is 0.0914 e. The van der Waals surface area contributed by atoms with Gasteiger partial charge in [0.05, 0.1) is 6.10 Å². The number of benzene rings is 1. The van der Waals surface area contributed by atoms with E-state index in [0.29, 0.717) is 12.5 Å². The lowest BCUT2D eigenvalue weighted by atomic mass is 10.0. The predicted molar refractivity (Wildman–Crippen MR) is 75.5 cm³/mol. The molecule has 1 atom stereocenters. The zero-order valence-corrected chi connectivity index (χ0v) is 12.0. The first kappa shape index (κ1) is 14.0. The van der Waals surface area contributed by atoms with Gasteiger partial charge < -0.3 is 15.2 Å². The topological polar surface area (TPSA) is 41.5 Å². The van der Waals surface area contributed by atoms with Crippen LogP contribution in [0.5, 0.6) is 0 Å². The summed E-state index contributed by atoms with van der Waals surface area (Å²) in [6.07, 6.45) is 1.81. The van der Waals surface area contributed by atoms with E-state index < -0.39 is 6.10 Å². The van der Waals surface area contributed by atoms with Crippen molar-refractivity contribution in [3.05, 3.63) is 34.3 Å². The Morgan fingerprint density at radius 1 is 1.39 bits per heavy atom. The highest BCUT2D eigenvalue weighted by molar-refractivity contribution is 9.10. The second-order valence-electron chi connectivity index (χ2n) is 4.78. The third-order valence-corrected chi connectivity index (χ3v) is 3.84. The van der Waals surface area contributed by atoms with Gasteiger partial charge in [-0.15, -0.1) is 0 Å². The summed E-state index contributed by atoms with van der Waals surface area (Å²) in [4.78, 5) is 0. The number of aliphatic hydroxyl groups excluding tert-OH is 1. The Hall–Kier alpha value is -0.420. The van der Waals surface area contributed by atoms with Crippen LogP contribution in [0.2, 0.25) is 0 Å². The van der Waals surface area contributed by atoms with Crippen LogP contribution in [0.4, 0.5) is 0 Å². The van der Waals surface area contributed by atoms with Gasteiger partial charge in [0.25, 0.3) is 0 Å². The molecule has 0 amide bonds. The van der Waals surface area contributed by atoms with Crippen LogP contribution in [0.3, 0.4) is 0 Å². The lowest BCUT2D eigenvalue weighted by Gasteiger charge is -2.23. The van der Waals surface area contributed by atoms with Gasteiger partial charge in [-0.2, -0.15) is 0 Å². The summed E-state index contributed by atoms with van der Waals surface area (Å²) in [6, 6.07) is 7.82. The zero-order chi connectivity index (χ0) is 12.8. The fraction of sp³-hybridized carbons (Fsp3) is 0.571. The SMILES string of the molecule is OC(CNCC1CCOCC1)c1cccc(Br)c1. The number of nitrogens with one attached hydrogen (secondary N) is 1. The maximum absolute atomic E-state index is 10.1. The van der Waals surface area contributed by atoms with Gasteiger partial charge in [-0.3, -0.25) is 0 Å². The van der Waals surface area contributed by atoms with Crippen LogP contribution in [0, 0.1) is 5.92 Å². The number of rotatable bonds is 5. The van der Waals surface area contributed by atoms with Gasteiger partial charge in [-0.1, -0.05) is 28.1 Å². The van der Waals surface area contributed by atoms with Crippen LogP contribution < -0.4 is 5.32 Å². The van der Waals surface area contributed by atoms with Crippen LogP contribution >= 0.6 is 15.9 Å². The highest BCUT2D eigenvalue weighted by Crippen LogP contribution is 2.18. The summed E-state index contributed by atoms with van der Waals surface area (Å²) in [6.45, 7) is 3.32. The molecule has 18 heavy (non-hydrogen) atoms.